The van der Waals surface area contributed by atoms with Crippen LogP contribution in [0.2, 0.25) is 10.0 Å². The molecule has 0 atom stereocenters. The quantitative estimate of drug-likeness (QED) is 0.920. The Morgan fingerprint density at radius 2 is 1.80 bits per heavy atom. The number of carbonyl (C=O) groups excluding carboxylic acids is 1. The molecule has 2 aromatic rings. The van der Waals surface area contributed by atoms with E-state index in [1.54, 1.807) is 24.3 Å². The highest BCUT2D eigenvalue weighted by molar-refractivity contribution is 6.39. The number of carbonyl (C=O) groups is 1. The van der Waals surface area contributed by atoms with E-state index in [-0.39, 0.29) is 12.4 Å². The van der Waals surface area contributed by atoms with Gasteiger partial charge in [-0.25, -0.2) is 4.39 Å². The average molecular weight is 314 g/mol. The summed E-state index contributed by atoms with van der Waals surface area (Å²) < 4.78 is 18.1. The first-order chi connectivity index (χ1) is 9.56. The smallest absolute Gasteiger partial charge is 0.262 e. The van der Waals surface area contributed by atoms with Crippen LogP contribution in [0.3, 0.4) is 0 Å². The van der Waals surface area contributed by atoms with Crippen LogP contribution in [-0.4, -0.2) is 12.5 Å². The summed E-state index contributed by atoms with van der Waals surface area (Å²) in [5, 5.41) is 3.20. The highest BCUT2D eigenvalue weighted by Crippen LogP contribution is 2.29. The SMILES string of the molecule is O=C(COc1cccc(F)c1)Nc1c(Cl)cccc1Cl. The van der Waals surface area contributed by atoms with E-state index in [9.17, 15) is 9.18 Å². The number of hydrogen-bond donors (Lipinski definition) is 1. The molecule has 0 saturated carbocycles. The largest absolute Gasteiger partial charge is 0.484 e. The van der Waals surface area contributed by atoms with Gasteiger partial charge in [0.1, 0.15) is 11.6 Å². The number of para-hydroxylation sites is 1. The Hall–Kier alpha value is -1.78. The van der Waals surface area contributed by atoms with Gasteiger partial charge in [-0.2, -0.15) is 0 Å². The van der Waals surface area contributed by atoms with Crippen molar-refractivity contribution >= 4 is 34.8 Å². The first kappa shape index (κ1) is 14.6. The number of amides is 1. The molecule has 0 unspecified atom stereocenters. The molecule has 0 aliphatic rings. The number of rotatable bonds is 4. The molecule has 3 nitrogen and oxygen atoms in total. The van der Waals surface area contributed by atoms with Crippen molar-refractivity contribution in [1.29, 1.82) is 0 Å². The van der Waals surface area contributed by atoms with Crippen molar-refractivity contribution in [2.24, 2.45) is 0 Å². The van der Waals surface area contributed by atoms with Gasteiger partial charge in [-0.05, 0) is 24.3 Å². The maximum absolute atomic E-state index is 12.9. The lowest BCUT2D eigenvalue weighted by molar-refractivity contribution is -0.118. The van der Waals surface area contributed by atoms with E-state index in [2.05, 4.69) is 5.32 Å². The molecule has 0 aliphatic carbocycles. The molecule has 2 rings (SSSR count). The third-order valence-electron chi connectivity index (χ3n) is 2.39. The molecule has 0 fully saturated rings. The molecule has 6 heteroatoms. The summed E-state index contributed by atoms with van der Waals surface area (Å²) in [6, 6.07) is 10.4. The third kappa shape index (κ3) is 3.85. The van der Waals surface area contributed by atoms with Crippen molar-refractivity contribution in [3.05, 3.63) is 58.3 Å². The van der Waals surface area contributed by atoms with Crippen LogP contribution in [-0.2, 0) is 4.79 Å². The van der Waals surface area contributed by atoms with E-state index in [4.69, 9.17) is 27.9 Å². The zero-order valence-electron chi connectivity index (χ0n) is 10.2. The molecule has 2 aromatic carbocycles. The Bertz CT molecular complexity index is 614. The van der Waals surface area contributed by atoms with Crippen molar-refractivity contribution in [3.63, 3.8) is 0 Å². The topological polar surface area (TPSA) is 38.3 Å². The fraction of sp³-hybridized carbons (Fsp3) is 0.0714. The Morgan fingerprint density at radius 3 is 2.45 bits per heavy atom. The van der Waals surface area contributed by atoms with E-state index in [0.717, 1.165) is 0 Å². The molecule has 20 heavy (non-hydrogen) atoms. The Kier molecular flexibility index (Phi) is 4.82. The van der Waals surface area contributed by atoms with Gasteiger partial charge in [-0.15, -0.1) is 0 Å². The Balaban J connectivity index is 1.96. The summed E-state index contributed by atoms with van der Waals surface area (Å²) in [6.07, 6.45) is 0. The molecule has 0 aromatic heterocycles. The molecular weight excluding hydrogens is 304 g/mol. The normalized spacial score (nSPS) is 10.2. The predicted octanol–water partition coefficient (Wildman–Crippen LogP) is 4.15. The van der Waals surface area contributed by atoms with Crippen LogP contribution in [0.5, 0.6) is 5.75 Å². The van der Waals surface area contributed by atoms with Crippen LogP contribution < -0.4 is 10.1 Å². The summed E-state index contributed by atoms with van der Waals surface area (Å²) >= 11 is 11.8. The maximum Gasteiger partial charge on any atom is 0.262 e. The van der Waals surface area contributed by atoms with Gasteiger partial charge in [0.25, 0.3) is 5.91 Å². The van der Waals surface area contributed by atoms with Gasteiger partial charge < -0.3 is 10.1 Å². The summed E-state index contributed by atoms with van der Waals surface area (Å²) in [4.78, 5) is 11.7. The van der Waals surface area contributed by atoms with Gasteiger partial charge >= 0.3 is 0 Å². The average Bonchev–Trinajstić information content (AvgIpc) is 2.41. The number of nitrogens with one attached hydrogen (secondary N) is 1. The van der Waals surface area contributed by atoms with Gasteiger partial charge in [0.2, 0.25) is 0 Å². The number of hydrogen-bond acceptors (Lipinski definition) is 2. The summed E-state index contributed by atoms with van der Waals surface area (Å²) in [6.45, 7) is -0.273. The van der Waals surface area contributed by atoms with Crippen LogP contribution in [0.25, 0.3) is 0 Å². The van der Waals surface area contributed by atoms with Crippen molar-refractivity contribution < 1.29 is 13.9 Å². The number of benzene rings is 2. The second-order valence-corrected chi connectivity index (χ2v) is 4.71. The summed E-state index contributed by atoms with van der Waals surface area (Å²) in [5.74, 6) is -0.605. The molecule has 0 bridgehead atoms. The maximum atomic E-state index is 12.9. The molecule has 0 radical (unpaired) electrons. The molecule has 104 valence electrons. The molecule has 0 saturated heterocycles. The van der Waals surface area contributed by atoms with Crippen LogP contribution in [0.1, 0.15) is 0 Å². The Labute approximate surface area is 125 Å². The lowest BCUT2D eigenvalue weighted by atomic mass is 10.3. The molecule has 1 N–H and O–H groups in total. The van der Waals surface area contributed by atoms with Crippen molar-refractivity contribution in [1.82, 2.24) is 0 Å². The zero-order valence-corrected chi connectivity index (χ0v) is 11.7. The lowest BCUT2D eigenvalue weighted by Crippen LogP contribution is -2.20. The van der Waals surface area contributed by atoms with E-state index in [1.165, 1.54) is 18.2 Å². The molecule has 0 aliphatic heterocycles. The van der Waals surface area contributed by atoms with Crippen molar-refractivity contribution in [2.75, 3.05) is 11.9 Å². The van der Waals surface area contributed by atoms with E-state index in [1.807, 2.05) is 0 Å². The van der Waals surface area contributed by atoms with E-state index < -0.39 is 11.7 Å². The number of anilines is 1. The van der Waals surface area contributed by atoms with Crippen molar-refractivity contribution in [3.8, 4) is 5.75 Å². The van der Waals surface area contributed by atoms with Gasteiger partial charge in [-0.1, -0.05) is 35.3 Å². The summed E-state index contributed by atoms with van der Waals surface area (Å²) in [7, 11) is 0. The monoisotopic (exact) mass is 313 g/mol. The molecular formula is C14H10Cl2FNO2. The minimum absolute atomic E-state index is 0.269. The van der Waals surface area contributed by atoms with E-state index in [0.29, 0.717) is 15.7 Å². The van der Waals surface area contributed by atoms with Crippen molar-refractivity contribution in [2.45, 2.75) is 0 Å². The Morgan fingerprint density at radius 1 is 1.15 bits per heavy atom. The number of ether oxygens (including phenoxy) is 1. The predicted molar refractivity (Wildman–Crippen MR) is 77.0 cm³/mol. The lowest BCUT2D eigenvalue weighted by Gasteiger charge is -2.10. The van der Waals surface area contributed by atoms with Gasteiger partial charge in [0, 0.05) is 6.07 Å². The van der Waals surface area contributed by atoms with E-state index >= 15 is 0 Å². The van der Waals surface area contributed by atoms with Crippen LogP contribution in [0, 0.1) is 5.82 Å². The second-order valence-electron chi connectivity index (χ2n) is 3.89. The highest BCUT2D eigenvalue weighted by atomic mass is 35.5. The zero-order chi connectivity index (χ0) is 14.5. The minimum atomic E-state index is -0.440. The van der Waals surface area contributed by atoms with Crippen LogP contribution in [0.4, 0.5) is 10.1 Å². The van der Waals surface area contributed by atoms with Gasteiger partial charge in [0.15, 0.2) is 6.61 Å². The fourth-order valence-electron chi connectivity index (χ4n) is 1.50. The standard InChI is InChI=1S/C14H10Cl2FNO2/c15-11-5-2-6-12(16)14(11)18-13(19)8-20-10-4-1-3-9(17)7-10/h1-7H,8H2,(H,18,19). The minimum Gasteiger partial charge on any atom is -0.484 e. The highest BCUT2D eigenvalue weighted by Gasteiger charge is 2.10. The third-order valence-corrected chi connectivity index (χ3v) is 3.02. The van der Waals surface area contributed by atoms with Gasteiger partial charge in [-0.3, -0.25) is 4.79 Å². The summed E-state index contributed by atoms with van der Waals surface area (Å²) in [5.41, 5.74) is 0.323. The molecule has 0 spiro atoms. The molecule has 0 heterocycles. The molecule has 1 amide bonds. The first-order valence-corrected chi connectivity index (χ1v) is 6.44. The first-order valence-electron chi connectivity index (χ1n) is 5.68. The fourth-order valence-corrected chi connectivity index (χ4v) is 1.99. The van der Waals surface area contributed by atoms with Crippen LogP contribution >= 0.6 is 23.2 Å². The van der Waals surface area contributed by atoms with Crippen LogP contribution in [0.15, 0.2) is 42.5 Å². The number of halogens is 3. The second kappa shape index (κ2) is 6.59. The van der Waals surface area contributed by atoms with Gasteiger partial charge in [0.05, 0.1) is 15.7 Å².